The second-order valence-corrected chi connectivity index (χ2v) is 8.84. The van der Waals surface area contributed by atoms with E-state index in [9.17, 15) is 9.59 Å². The van der Waals surface area contributed by atoms with E-state index in [0.717, 1.165) is 23.3 Å². The lowest BCUT2D eigenvalue weighted by Gasteiger charge is -2.17. The highest BCUT2D eigenvalue weighted by atomic mass is 35.5. The van der Waals surface area contributed by atoms with Gasteiger partial charge in [0.15, 0.2) is 5.82 Å². The van der Waals surface area contributed by atoms with Crippen LogP contribution in [0.25, 0.3) is 0 Å². The lowest BCUT2D eigenvalue weighted by molar-refractivity contribution is -0.128. The summed E-state index contributed by atoms with van der Waals surface area (Å²) in [4.78, 5) is 35.5. The molecule has 0 fully saturated rings. The highest BCUT2D eigenvalue weighted by Gasteiger charge is 2.21. The Hall–Kier alpha value is -3.17. The molecule has 1 aliphatic heterocycles. The van der Waals surface area contributed by atoms with E-state index >= 15 is 0 Å². The van der Waals surface area contributed by atoms with E-state index in [1.165, 1.54) is 23.1 Å². The lowest BCUT2D eigenvalue weighted by Crippen LogP contribution is -2.25. The third-order valence-electron chi connectivity index (χ3n) is 5.31. The van der Waals surface area contributed by atoms with Crippen LogP contribution in [0.1, 0.15) is 28.1 Å². The molecule has 8 nitrogen and oxygen atoms in total. The zero-order valence-electron chi connectivity index (χ0n) is 18.0. The summed E-state index contributed by atoms with van der Waals surface area (Å²) in [5.41, 5.74) is 4.57. The van der Waals surface area contributed by atoms with Gasteiger partial charge in [-0.15, -0.1) is 11.3 Å². The van der Waals surface area contributed by atoms with Crippen molar-refractivity contribution < 1.29 is 9.59 Å². The van der Waals surface area contributed by atoms with Crippen LogP contribution in [0.2, 0.25) is 5.02 Å². The van der Waals surface area contributed by atoms with Crippen molar-refractivity contribution in [3.05, 3.63) is 62.1 Å². The molecule has 2 aliphatic rings. The molecule has 0 bridgehead atoms. The summed E-state index contributed by atoms with van der Waals surface area (Å²) >= 11 is 7.67. The predicted octanol–water partition coefficient (Wildman–Crippen LogP) is 4.02. The fraction of sp³-hybridized carbons (Fsp3) is 0.273. The van der Waals surface area contributed by atoms with Gasteiger partial charge in [0, 0.05) is 26.3 Å². The Labute approximate surface area is 195 Å². The molecule has 32 heavy (non-hydrogen) atoms. The van der Waals surface area contributed by atoms with Crippen LogP contribution >= 0.6 is 22.9 Å². The van der Waals surface area contributed by atoms with Gasteiger partial charge < -0.3 is 20.9 Å². The van der Waals surface area contributed by atoms with Crippen molar-refractivity contribution in [2.45, 2.75) is 19.8 Å². The Morgan fingerprint density at radius 1 is 1.25 bits per heavy atom. The normalized spacial score (nSPS) is 15.8. The van der Waals surface area contributed by atoms with Crippen molar-refractivity contribution >= 4 is 52.2 Å². The van der Waals surface area contributed by atoms with Crippen molar-refractivity contribution in [1.29, 1.82) is 0 Å². The standard InChI is InChI=1S/C22H23ClN6O2S/c1-12-11-32-19(21(31)24-2)18(12)27-20-16(23)10-25-22(28-20)26-15-5-4-13-6-7-29(3)17(30)9-14(13)8-15/h5-6,8,10-11H,4,7,9H2,1-3H3,(H,24,31)(H2,25,26,27,28). The molecular weight excluding hydrogens is 448 g/mol. The van der Waals surface area contributed by atoms with Crippen LogP contribution in [-0.4, -0.2) is 47.3 Å². The SMILES string of the molecule is CNC(=O)c1scc(C)c1Nc1nc(NC2=CCC3=CCN(C)C(=O)CC3=C2)ncc1Cl. The quantitative estimate of drug-likeness (QED) is 0.610. The Morgan fingerprint density at radius 3 is 2.84 bits per heavy atom. The number of hydrogen-bond donors (Lipinski definition) is 3. The van der Waals surface area contributed by atoms with Crippen molar-refractivity contribution in [3.8, 4) is 0 Å². The van der Waals surface area contributed by atoms with Gasteiger partial charge in [-0.25, -0.2) is 4.98 Å². The molecule has 3 N–H and O–H groups in total. The molecular formula is C22H23ClN6O2S. The minimum atomic E-state index is -0.180. The van der Waals surface area contributed by atoms with Crippen LogP contribution in [0, 0.1) is 6.92 Å². The average molecular weight is 471 g/mol. The number of thiophene rings is 1. The largest absolute Gasteiger partial charge is 0.354 e. The third-order valence-corrected chi connectivity index (χ3v) is 6.69. The van der Waals surface area contributed by atoms with Crippen molar-refractivity contribution in [2.75, 3.05) is 31.3 Å². The zero-order valence-corrected chi connectivity index (χ0v) is 19.5. The van der Waals surface area contributed by atoms with Gasteiger partial charge in [0.2, 0.25) is 11.9 Å². The maximum atomic E-state index is 12.2. The van der Waals surface area contributed by atoms with Crippen LogP contribution in [0.4, 0.5) is 17.5 Å². The first kappa shape index (κ1) is 22.0. The van der Waals surface area contributed by atoms with E-state index in [1.807, 2.05) is 31.5 Å². The first-order valence-electron chi connectivity index (χ1n) is 10.1. The molecule has 0 saturated carbocycles. The Bertz CT molecular complexity index is 1180. The molecule has 166 valence electrons. The van der Waals surface area contributed by atoms with Crippen molar-refractivity contribution in [3.63, 3.8) is 0 Å². The fourth-order valence-electron chi connectivity index (χ4n) is 3.45. The Kier molecular flexibility index (Phi) is 6.29. The number of carbonyl (C=O) groups is 2. The van der Waals surface area contributed by atoms with Crippen LogP contribution < -0.4 is 16.0 Å². The first-order valence-corrected chi connectivity index (χ1v) is 11.3. The number of nitrogens with zero attached hydrogens (tertiary/aromatic N) is 3. The van der Waals surface area contributed by atoms with Gasteiger partial charge >= 0.3 is 0 Å². The van der Waals surface area contributed by atoms with Crippen LogP contribution in [0.3, 0.4) is 0 Å². The van der Waals surface area contributed by atoms with E-state index in [1.54, 1.807) is 11.9 Å². The summed E-state index contributed by atoms with van der Waals surface area (Å²) in [6.07, 6.45) is 8.71. The number of allylic oxidation sites excluding steroid dienone is 3. The highest BCUT2D eigenvalue weighted by Crippen LogP contribution is 2.33. The third kappa shape index (κ3) is 4.53. The number of fused-ring (bicyclic) bond motifs is 1. The molecule has 0 aromatic carbocycles. The number of halogens is 1. The van der Waals surface area contributed by atoms with Gasteiger partial charge in [-0.05, 0) is 41.5 Å². The van der Waals surface area contributed by atoms with Gasteiger partial charge in [0.05, 0.1) is 18.3 Å². The summed E-state index contributed by atoms with van der Waals surface area (Å²) < 4.78 is 0. The molecule has 0 atom stereocenters. The topological polar surface area (TPSA) is 99.2 Å². The number of nitrogens with one attached hydrogen (secondary N) is 3. The fourth-order valence-corrected chi connectivity index (χ4v) is 4.54. The van der Waals surface area contributed by atoms with E-state index in [0.29, 0.717) is 40.3 Å². The van der Waals surface area contributed by atoms with Gasteiger partial charge in [-0.1, -0.05) is 23.8 Å². The molecule has 10 heteroatoms. The zero-order chi connectivity index (χ0) is 22.8. The van der Waals surface area contributed by atoms with Crippen LogP contribution in [-0.2, 0) is 4.79 Å². The number of likely N-dealkylation sites (N-methyl/N-ethyl adjacent to an activating group) is 1. The number of hydrogen-bond acceptors (Lipinski definition) is 7. The monoisotopic (exact) mass is 470 g/mol. The molecule has 0 saturated heterocycles. The summed E-state index contributed by atoms with van der Waals surface area (Å²) in [5, 5.41) is 11.3. The van der Waals surface area contributed by atoms with Gasteiger partial charge in [-0.2, -0.15) is 4.98 Å². The number of carbonyl (C=O) groups excluding carboxylic acids is 2. The summed E-state index contributed by atoms with van der Waals surface area (Å²) in [5.74, 6) is 0.669. The van der Waals surface area contributed by atoms with E-state index < -0.39 is 0 Å². The summed E-state index contributed by atoms with van der Waals surface area (Å²) in [6, 6.07) is 0. The molecule has 0 radical (unpaired) electrons. The smallest absolute Gasteiger partial charge is 0.263 e. The van der Waals surface area contributed by atoms with E-state index in [-0.39, 0.29) is 11.8 Å². The molecule has 0 unspecified atom stereocenters. The molecule has 4 rings (SSSR count). The minimum absolute atomic E-state index is 0.0935. The number of amides is 2. The summed E-state index contributed by atoms with van der Waals surface area (Å²) in [6.45, 7) is 2.53. The van der Waals surface area contributed by atoms with Crippen LogP contribution in [0.5, 0.6) is 0 Å². The van der Waals surface area contributed by atoms with Crippen LogP contribution in [0.15, 0.2) is 46.6 Å². The van der Waals surface area contributed by atoms with Gasteiger partial charge in [0.1, 0.15) is 9.90 Å². The number of anilines is 3. The number of rotatable bonds is 5. The van der Waals surface area contributed by atoms with E-state index in [4.69, 9.17) is 11.6 Å². The molecule has 2 amide bonds. The summed E-state index contributed by atoms with van der Waals surface area (Å²) in [7, 11) is 3.40. The van der Waals surface area contributed by atoms with Gasteiger partial charge in [-0.3, -0.25) is 9.59 Å². The predicted molar refractivity (Wildman–Crippen MR) is 128 cm³/mol. The number of aromatic nitrogens is 2. The Morgan fingerprint density at radius 2 is 2.06 bits per heavy atom. The maximum Gasteiger partial charge on any atom is 0.263 e. The van der Waals surface area contributed by atoms with Crippen molar-refractivity contribution in [2.24, 2.45) is 0 Å². The Balaban J connectivity index is 1.56. The van der Waals surface area contributed by atoms with Crippen molar-refractivity contribution in [1.82, 2.24) is 20.2 Å². The van der Waals surface area contributed by atoms with Gasteiger partial charge in [0.25, 0.3) is 5.91 Å². The molecule has 0 spiro atoms. The highest BCUT2D eigenvalue weighted by molar-refractivity contribution is 7.12. The second-order valence-electron chi connectivity index (χ2n) is 7.56. The van der Waals surface area contributed by atoms with E-state index in [2.05, 4.69) is 32.0 Å². The maximum absolute atomic E-state index is 12.2. The lowest BCUT2D eigenvalue weighted by atomic mass is 9.94. The average Bonchev–Trinajstić information content (AvgIpc) is 3.07. The molecule has 2 aromatic heterocycles. The molecule has 1 aliphatic carbocycles. The number of aryl methyl sites for hydroxylation is 1. The minimum Gasteiger partial charge on any atom is -0.354 e. The molecule has 3 heterocycles. The first-order chi connectivity index (χ1) is 15.4. The molecule has 2 aromatic rings. The second kappa shape index (κ2) is 9.13.